The lowest BCUT2D eigenvalue weighted by Gasteiger charge is -2.39. The topological polar surface area (TPSA) is 61.8 Å². The minimum absolute atomic E-state index is 0.402. The van der Waals surface area contributed by atoms with Gasteiger partial charge in [0.1, 0.15) is 11.7 Å². The number of aryl methyl sites for hydroxylation is 1. The van der Waals surface area contributed by atoms with Crippen LogP contribution in [0.5, 0.6) is 17.2 Å². The number of methoxy groups -OCH3 is 1. The molecule has 0 aromatic heterocycles. The highest BCUT2D eigenvalue weighted by molar-refractivity contribution is 7.99. The van der Waals surface area contributed by atoms with Crippen LogP contribution in [0.3, 0.4) is 0 Å². The molecule has 2 unspecified atom stereocenters. The van der Waals surface area contributed by atoms with Crippen LogP contribution in [0.4, 0.5) is 0 Å². The molecule has 32 heavy (non-hydrogen) atoms. The second kappa shape index (κ2) is 7.87. The summed E-state index contributed by atoms with van der Waals surface area (Å²) in [6.45, 7) is 0. The quantitative estimate of drug-likeness (QED) is 0.568. The van der Waals surface area contributed by atoms with Crippen LogP contribution in [-0.4, -0.2) is 26.7 Å². The van der Waals surface area contributed by atoms with Crippen molar-refractivity contribution in [2.45, 2.75) is 67.4 Å². The highest BCUT2D eigenvalue weighted by Crippen LogP contribution is 2.51. The van der Waals surface area contributed by atoms with Crippen molar-refractivity contribution in [2.24, 2.45) is 5.92 Å². The van der Waals surface area contributed by atoms with Crippen molar-refractivity contribution in [1.29, 1.82) is 0 Å². The maximum Gasteiger partial charge on any atom is 0.312 e. The molecule has 2 atom stereocenters. The van der Waals surface area contributed by atoms with Gasteiger partial charge in [-0.25, -0.2) is 0 Å². The Morgan fingerprint density at radius 1 is 1.06 bits per heavy atom. The molecular formula is C25H28O5S2. The fourth-order valence-electron chi connectivity index (χ4n) is 6.05. The molecule has 2 aromatic rings. The van der Waals surface area contributed by atoms with E-state index in [0.717, 1.165) is 49.8 Å². The molecule has 6 rings (SSSR count). The van der Waals surface area contributed by atoms with E-state index in [1.54, 1.807) is 18.9 Å². The fourth-order valence-corrected chi connectivity index (χ4v) is 8.31. The average Bonchev–Trinajstić information content (AvgIpc) is 3.49. The minimum atomic E-state index is -3.66. The first-order chi connectivity index (χ1) is 15.5. The maximum absolute atomic E-state index is 13.0. The fraction of sp³-hybridized carbons (Fsp3) is 0.520. The molecule has 1 heterocycles. The van der Waals surface area contributed by atoms with Crippen molar-refractivity contribution in [1.82, 2.24) is 0 Å². The summed E-state index contributed by atoms with van der Waals surface area (Å²) in [5.74, 6) is 3.55. The van der Waals surface area contributed by atoms with Gasteiger partial charge in [0.2, 0.25) is 0 Å². The summed E-state index contributed by atoms with van der Waals surface area (Å²) in [5.41, 5.74) is 5.04. The number of hydrogen-bond acceptors (Lipinski definition) is 6. The number of rotatable bonds is 4. The Labute approximate surface area is 194 Å². The van der Waals surface area contributed by atoms with Crippen LogP contribution >= 0.6 is 11.8 Å². The average molecular weight is 473 g/mol. The number of benzene rings is 2. The van der Waals surface area contributed by atoms with Crippen molar-refractivity contribution in [3.8, 4) is 17.2 Å². The summed E-state index contributed by atoms with van der Waals surface area (Å²) in [4.78, 5) is 1.26. The second-order valence-electron chi connectivity index (χ2n) is 9.44. The number of thioether (sulfide) groups is 1. The Kier molecular flexibility index (Phi) is 5.10. The van der Waals surface area contributed by atoms with E-state index in [-0.39, 0.29) is 0 Å². The largest absolute Gasteiger partial charge is 0.493 e. The zero-order valence-electron chi connectivity index (χ0n) is 18.3. The summed E-state index contributed by atoms with van der Waals surface area (Å²) >= 11 is 1.77. The normalized spacial score (nSPS) is 24.2. The lowest BCUT2D eigenvalue weighted by Crippen LogP contribution is -2.30. The van der Waals surface area contributed by atoms with Gasteiger partial charge in [0.25, 0.3) is 0 Å². The van der Waals surface area contributed by atoms with E-state index in [1.807, 2.05) is 6.07 Å². The van der Waals surface area contributed by atoms with Crippen molar-refractivity contribution in [3.63, 3.8) is 0 Å². The molecule has 0 amide bonds. The zero-order chi connectivity index (χ0) is 21.9. The Hall–Kier alpha value is -1.86. The van der Waals surface area contributed by atoms with Crippen LogP contribution in [0.1, 0.15) is 60.3 Å². The number of ether oxygens (including phenoxy) is 2. The first-order valence-corrected chi connectivity index (χ1v) is 14.0. The van der Waals surface area contributed by atoms with E-state index in [2.05, 4.69) is 18.2 Å². The Morgan fingerprint density at radius 2 is 1.91 bits per heavy atom. The number of fused-ring (bicyclic) bond motifs is 5. The third-order valence-corrected chi connectivity index (χ3v) is 10.3. The van der Waals surface area contributed by atoms with E-state index in [4.69, 9.17) is 13.7 Å². The molecule has 0 radical (unpaired) electrons. The van der Waals surface area contributed by atoms with Crippen molar-refractivity contribution in [3.05, 3.63) is 46.5 Å². The summed E-state index contributed by atoms with van der Waals surface area (Å²) in [6.07, 6.45) is 7.14. The van der Waals surface area contributed by atoms with Gasteiger partial charge < -0.3 is 13.7 Å². The molecule has 0 spiro atoms. The van der Waals surface area contributed by atoms with Gasteiger partial charge in [-0.2, -0.15) is 8.42 Å². The van der Waals surface area contributed by atoms with E-state index in [0.29, 0.717) is 42.1 Å². The van der Waals surface area contributed by atoms with Gasteiger partial charge >= 0.3 is 10.1 Å². The lowest BCUT2D eigenvalue weighted by molar-refractivity contribution is 0.334. The van der Waals surface area contributed by atoms with E-state index in [1.165, 1.54) is 21.6 Å². The smallest absolute Gasteiger partial charge is 0.312 e. The highest BCUT2D eigenvalue weighted by Gasteiger charge is 2.39. The molecule has 1 aliphatic heterocycles. The van der Waals surface area contributed by atoms with Crippen molar-refractivity contribution >= 4 is 21.9 Å². The molecule has 1 fully saturated rings. The molecule has 5 nitrogen and oxygen atoms in total. The highest BCUT2D eigenvalue weighted by atomic mass is 32.2. The number of hydrogen-bond donors (Lipinski definition) is 0. The Bertz CT molecular complexity index is 1170. The maximum atomic E-state index is 13.0. The first kappa shape index (κ1) is 20.7. The minimum Gasteiger partial charge on any atom is -0.493 e. The predicted molar refractivity (Wildman–Crippen MR) is 125 cm³/mol. The second-order valence-corrected chi connectivity index (χ2v) is 12.2. The molecular weight excluding hydrogens is 444 g/mol. The van der Waals surface area contributed by atoms with Crippen LogP contribution in [0, 0.1) is 5.92 Å². The van der Waals surface area contributed by atoms with Gasteiger partial charge in [-0.05, 0) is 85.3 Å². The molecule has 0 N–H and O–H groups in total. The Balaban J connectivity index is 1.37. The lowest BCUT2D eigenvalue weighted by atomic mass is 9.66. The van der Waals surface area contributed by atoms with Gasteiger partial charge in [0.15, 0.2) is 11.5 Å². The molecule has 0 saturated heterocycles. The third-order valence-electron chi connectivity index (χ3n) is 7.74. The van der Waals surface area contributed by atoms with E-state index >= 15 is 0 Å². The molecule has 4 aliphatic rings. The molecule has 2 aromatic carbocycles. The van der Waals surface area contributed by atoms with Gasteiger partial charge in [0.05, 0.1) is 17.3 Å². The van der Waals surface area contributed by atoms with E-state index < -0.39 is 15.4 Å². The molecule has 170 valence electrons. The van der Waals surface area contributed by atoms with Gasteiger partial charge in [-0.15, -0.1) is 0 Å². The standard InChI is InChI=1S/C25H28O5S2/c1-28-22-9-8-16-10-19-15(6-7-17-12-24-23(13-20(17)19)29-14-31-24)11-21(16)25(22)30-32(26,27)18-4-2-3-5-18/h8-9,12-13,15,18-19H,2-7,10-11,14H2,1H3. The van der Waals surface area contributed by atoms with Crippen LogP contribution < -0.4 is 13.7 Å². The predicted octanol–water partition coefficient (Wildman–Crippen LogP) is 5.23. The van der Waals surface area contributed by atoms with Crippen LogP contribution in [0.2, 0.25) is 0 Å². The van der Waals surface area contributed by atoms with Gasteiger partial charge in [-0.3, -0.25) is 0 Å². The molecule has 1 saturated carbocycles. The first-order valence-electron chi connectivity index (χ1n) is 11.6. The zero-order valence-corrected chi connectivity index (χ0v) is 19.9. The Morgan fingerprint density at radius 3 is 2.72 bits per heavy atom. The summed E-state index contributed by atoms with van der Waals surface area (Å²) in [7, 11) is -2.08. The van der Waals surface area contributed by atoms with Crippen molar-refractivity contribution < 1.29 is 22.1 Å². The van der Waals surface area contributed by atoms with Crippen LogP contribution in [-0.2, 0) is 29.4 Å². The van der Waals surface area contributed by atoms with Gasteiger partial charge in [0, 0.05) is 5.56 Å². The molecule has 0 bridgehead atoms. The monoisotopic (exact) mass is 472 g/mol. The summed E-state index contributed by atoms with van der Waals surface area (Å²) < 4.78 is 43.3. The van der Waals surface area contributed by atoms with Crippen molar-refractivity contribution in [2.75, 3.05) is 13.0 Å². The van der Waals surface area contributed by atoms with Crippen LogP contribution in [0.15, 0.2) is 29.2 Å². The van der Waals surface area contributed by atoms with Gasteiger partial charge in [-0.1, -0.05) is 30.7 Å². The SMILES string of the molecule is COc1ccc2c(c1OS(=O)(=O)C1CCCC1)CC1CCc3cc4c(cc3C1C2)OCS4. The summed E-state index contributed by atoms with van der Waals surface area (Å²) in [6, 6.07) is 8.54. The molecule has 7 heteroatoms. The van der Waals surface area contributed by atoms with E-state index in [9.17, 15) is 8.42 Å². The summed E-state index contributed by atoms with van der Waals surface area (Å²) in [5, 5.41) is -0.402. The van der Waals surface area contributed by atoms with Crippen LogP contribution in [0.25, 0.3) is 0 Å². The molecule has 3 aliphatic carbocycles. The third kappa shape index (κ3) is 3.39.